The first-order valence-corrected chi connectivity index (χ1v) is 10.3. The fraction of sp³-hybridized carbons (Fsp3) is 0.0526. The summed E-state index contributed by atoms with van der Waals surface area (Å²) in [4.78, 5) is 11.4. The van der Waals surface area contributed by atoms with Crippen LogP contribution in [0.25, 0.3) is 23.0 Å². The van der Waals surface area contributed by atoms with E-state index in [1.165, 1.54) is 54.2 Å². The Morgan fingerprint density at radius 3 is 2.60 bits per heavy atom. The monoisotopic (exact) mass is 450 g/mol. The Morgan fingerprint density at radius 1 is 1.27 bits per heavy atom. The van der Waals surface area contributed by atoms with Gasteiger partial charge in [-0.05, 0) is 42.5 Å². The number of para-hydroxylation sites is 1. The van der Waals surface area contributed by atoms with Crippen molar-refractivity contribution in [2.24, 2.45) is 5.14 Å². The molecule has 0 bridgehead atoms. The zero-order valence-corrected chi connectivity index (χ0v) is 17.1. The highest BCUT2D eigenvalue weighted by molar-refractivity contribution is 7.89. The lowest BCUT2D eigenvalue weighted by molar-refractivity contribution is -0.153. The molecule has 0 atom stereocenters. The second kappa shape index (κ2) is 8.36. The molecule has 0 unspecified atom stereocenters. The summed E-state index contributed by atoms with van der Waals surface area (Å²) in [5, 5.41) is 19.1. The van der Waals surface area contributed by atoms with E-state index in [0.717, 1.165) is 6.08 Å². The highest BCUT2D eigenvalue weighted by atomic mass is 35.5. The maximum Gasteiger partial charge on any atom is 0.269 e. The molecule has 11 heteroatoms. The summed E-state index contributed by atoms with van der Waals surface area (Å²) in [6.07, 6.45) is 2.42. The minimum atomic E-state index is -4.08. The van der Waals surface area contributed by atoms with Crippen LogP contribution in [0.15, 0.2) is 59.5 Å². The van der Waals surface area contributed by atoms with Gasteiger partial charge in [-0.3, -0.25) is 10.0 Å². The van der Waals surface area contributed by atoms with Gasteiger partial charge in [-0.1, -0.05) is 23.7 Å². The number of carbonyl (C=O) groups excluding carboxylic acids is 1. The number of aromatic nitrogens is 2. The van der Waals surface area contributed by atoms with Crippen molar-refractivity contribution >= 4 is 33.6 Å². The van der Waals surface area contributed by atoms with Crippen LogP contribution in [0.1, 0.15) is 5.69 Å². The van der Waals surface area contributed by atoms with Gasteiger partial charge in [-0.25, -0.2) is 27.7 Å². The van der Waals surface area contributed by atoms with Crippen LogP contribution >= 0.6 is 11.6 Å². The number of benzene rings is 2. The number of halogens is 2. The zero-order chi connectivity index (χ0) is 22.1. The molecule has 1 heterocycles. The molecule has 1 aromatic heterocycles. The van der Waals surface area contributed by atoms with Crippen LogP contribution in [0.5, 0.6) is 0 Å². The molecule has 0 saturated heterocycles. The predicted molar refractivity (Wildman–Crippen MR) is 109 cm³/mol. The van der Waals surface area contributed by atoms with E-state index in [1.807, 2.05) is 0 Å². The summed E-state index contributed by atoms with van der Waals surface area (Å²) < 4.78 is 39.0. The number of likely N-dealkylation sites (N-methyl/N-ethyl adjacent to an activating group) is 1. The van der Waals surface area contributed by atoms with E-state index in [9.17, 15) is 22.8 Å². The molecular formula is C19H16ClFN4O4S. The number of nitrogens with two attached hydrogens (primary N) is 1. The van der Waals surface area contributed by atoms with Gasteiger partial charge in [0.15, 0.2) is 0 Å². The summed E-state index contributed by atoms with van der Waals surface area (Å²) in [5.41, 5.74) is 1.24. The van der Waals surface area contributed by atoms with Gasteiger partial charge in [0.25, 0.3) is 5.91 Å². The molecule has 3 aromatic rings. The molecule has 3 rings (SSSR count). The predicted octanol–water partition coefficient (Wildman–Crippen LogP) is 2.84. The molecule has 0 aliphatic carbocycles. The third-order valence-electron chi connectivity index (χ3n) is 4.06. The number of rotatable bonds is 5. The highest BCUT2D eigenvalue weighted by Crippen LogP contribution is 2.30. The van der Waals surface area contributed by atoms with Crippen molar-refractivity contribution < 1.29 is 22.8 Å². The third-order valence-corrected chi connectivity index (χ3v) is 5.31. The summed E-state index contributed by atoms with van der Waals surface area (Å²) in [5.74, 6) is -1.31. The Bertz CT molecular complexity index is 1260. The Morgan fingerprint density at radius 2 is 1.97 bits per heavy atom. The van der Waals surface area contributed by atoms with Crippen LogP contribution in [-0.4, -0.2) is 41.4 Å². The van der Waals surface area contributed by atoms with Crippen molar-refractivity contribution in [1.82, 2.24) is 14.8 Å². The lowest BCUT2D eigenvalue weighted by Gasteiger charge is -2.11. The fourth-order valence-electron chi connectivity index (χ4n) is 2.66. The average molecular weight is 451 g/mol. The number of hydrogen-bond donors (Lipinski definition) is 2. The van der Waals surface area contributed by atoms with E-state index >= 15 is 0 Å². The molecule has 0 saturated carbocycles. The third kappa shape index (κ3) is 4.57. The average Bonchev–Trinajstić information content (AvgIpc) is 3.11. The van der Waals surface area contributed by atoms with E-state index in [1.54, 1.807) is 12.1 Å². The Labute approximate surface area is 176 Å². The lowest BCUT2D eigenvalue weighted by atomic mass is 10.1. The van der Waals surface area contributed by atoms with Crippen LogP contribution < -0.4 is 5.14 Å². The zero-order valence-electron chi connectivity index (χ0n) is 15.5. The Balaban J connectivity index is 2.24. The largest absolute Gasteiger partial charge is 0.286 e. The lowest BCUT2D eigenvalue weighted by Crippen LogP contribution is -2.19. The van der Waals surface area contributed by atoms with Crippen LogP contribution in [0, 0.1) is 5.82 Å². The number of hydrogen-bond acceptors (Lipinski definition) is 5. The van der Waals surface area contributed by atoms with Crippen molar-refractivity contribution in [2.45, 2.75) is 4.90 Å². The fourth-order valence-corrected chi connectivity index (χ4v) is 3.56. The molecule has 0 aliphatic heterocycles. The van der Waals surface area contributed by atoms with E-state index in [4.69, 9.17) is 16.7 Å². The van der Waals surface area contributed by atoms with Gasteiger partial charge in [0.05, 0.1) is 22.1 Å². The van der Waals surface area contributed by atoms with Gasteiger partial charge in [-0.15, -0.1) is 0 Å². The molecule has 2 aromatic carbocycles. The smallest absolute Gasteiger partial charge is 0.269 e. The number of carbonyl (C=O) groups is 1. The standard InChI is InChI=1S/C19H16ClFN4O4S/c1-24(27)19(26)9-7-13-11-17(12-6-8-15(21)14(20)10-12)25(23-13)16-4-2-3-5-18(16)30(22,28)29/h2-11,27H,1H3,(H2,22,28,29). The molecule has 3 N–H and O–H groups in total. The second-order valence-electron chi connectivity index (χ2n) is 6.20. The number of amides is 1. The Hall–Kier alpha value is -3.05. The number of nitrogens with zero attached hydrogens (tertiary/aromatic N) is 3. The summed E-state index contributed by atoms with van der Waals surface area (Å²) >= 11 is 5.90. The van der Waals surface area contributed by atoms with Gasteiger partial charge in [-0.2, -0.15) is 5.10 Å². The molecule has 0 spiro atoms. The molecule has 30 heavy (non-hydrogen) atoms. The van der Waals surface area contributed by atoms with Gasteiger partial charge in [0.1, 0.15) is 10.7 Å². The minimum Gasteiger partial charge on any atom is -0.286 e. The first-order valence-electron chi connectivity index (χ1n) is 8.40. The van der Waals surface area contributed by atoms with Crippen molar-refractivity contribution in [2.75, 3.05) is 7.05 Å². The van der Waals surface area contributed by atoms with Crippen LogP contribution in [-0.2, 0) is 14.8 Å². The first kappa shape index (κ1) is 21.7. The first-order chi connectivity index (χ1) is 14.1. The van der Waals surface area contributed by atoms with E-state index in [2.05, 4.69) is 5.10 Å². The summed E-state index contributed by atoms with van der Waals surface area (Å²) in [6.45, 7) is 0. The van der Waals surface area contributed by atoms with Crippen molar-refractivity contribution in [3.63, 3.8) is 0 Å². The van der Waals surface area contributed by atoms with Gasteiger partial charge < -0.3 is 0 Å². The molecule has 8 nitrogen and oxygen atoms in total. The van der Waals surface area contributed by atoms with Crippen molar-refractivity contribution in [1.29, 1.82) is 0 Å². The van der Waals surface area contributed by atoms with Crippen LogP contribution in [0.3, 0.4) is 0 Å². The quantitative estimate of drug-likeness (QED) is 0.352. The van der Waals surface area contributed by atoms with Crippen molar-refractivity contribution in [3.8, 4) is 16.9 Å². The van der Waals surface area contributed by atoms with Crippen LogP contribution in [0.2, 0.25) is 5.02 Å². The van der Waals surface area contributed by atoms with Gasteiger partial charge in [0, 0.05) is 18.7 Å². The van der Waals surface area contributed by atoms with Gasteiger partial charge >= 0.3 is 0 Å². The maximum absolute atomic E-state index is 13.6. The number of primary sulfonamides is 1. The van der Waals surface area contributed by atoms with E-state index < -0.39 is 21.7 Å². The minimum absolute atomic E-state index is 0.130. The normalized spacial score (nSPS) is 11.8. The Kier molecular flexibility index (Phi) is 6.04. The number of sulfonamides is 1. The molecule has 0 radical (unpaired) electrons. The van der Waals surface area contributed by atoms with E-state index in [-0.39, 0.29) is 21.3 Å². The molecule has 156 valence electrons. The maximum atomic E-state index is 13.6. The molecule has 1 amide bonds. The summed E-state index contributed by atoms with van der Waals surface area (Å²) in [7, 11) is -2.92. The molecule has 0 fully saturated rings. The van der Waals surface area contributed by atoms with Crippen molar-refractivity contribution in [3.05, 3.63) is 71.1 Å². The van der Waals surface area contributed by atoms with E-state index in [0.29, 0.717) is 16.3 Å². The second-order valence-corrected chi connectivity index (χ2v) is 8.14. The summed E-state index contributed by atoms with van der Waals surface area (Å²) in [6, 6.07) is 11.5. The SMILES string of the molecule is CN(O)C(=O)C=Cc1cc(-c2ccc(F)c(Cl)c2)n(-c2ccccc2S(N)(=O)=O)n1. The highest BCUT2D eigenvalue weighted by Gasteiger charge is 2.19. The van der Waals surface area contributed by atoms with Gasteiger partial charge in [0.2, 0.25) is 10.0 Å². The van der Waals surface area contributed by atoms with Crippen LogP contribution in [0.4, 0.5) is 4.39 Å². The molecule has 0 aliphatic rings. The topological polar surface area (TPSA) is 119 Å². The molecular weight excluding hydrogens is 435 g/mol. The number of hydroxylamine groups is 2.